The second-order valence-corrected chi connectivity index (χ2v) is 13.7. The molecular formula is C62H62. The Kier molecular flexibility index (Phi) is 18.0. The van der Waals surface area contributed by atoms with Gasteiger partial charge in [0.1, 0.15) is 0 Å². The quantitative estimate of drug-likeness (QED) is 0.106. The SMILES string of the molecule is CC.CC.CC.CC.c1cc2ccc3cccc4ccc(c1)c2c34.c1ccc2c(c1)ccc1ccccc12.c1ccc2cc3ccccc3cc2c1.c1ccc2ccccc2c1. The van der Waals surface area contributed by atoms with Crippen molar-refractivity contribution in [1.29, 1.82) is 0 Å². The fourth-order valence-electron chi connectivity index (χ4n) is 7.64. The molecule has 0 atom stereocenters. The van der Waals surface area contributed by atoms with Crippen LogP contribution >= 0.6 is 0 Å². The zero-order chi connectivity index (χ0) is 44.1. The predicted molar refractivity (Wildman–Crippen MR) is 282 cm³/mol. The minimum atomic E-state index is 1.31. The van der Waals surface area contributed by atoms with Crippen LogP contribution in [-0.4, -0.2) is 0 Å². The molecule has 12 aromatic rings. The molecule has 0 aliphatic carbocycles. The van der Waals surface area contributed by atoms with Gasteiger partial charge in [0.25, 0.3) is 0 Å². The van der Waals surface area contributed by atoms with Gasteiger partial charge < -0.3 is 0 Å². The fraction of sp³-hybridized carbons (Fsp3) is 0.129. The minimum Gasteiger partial charge on any atom is -0.0683 e. The molecular weight excluding hydrogens is 745 g/mol. The third kappa shape index (κ3) is 11.0. The molecule has 0 unspecified atom stereocenters. The van der Waals surface area contributed by atoms with Gasteiger partial charge in [-0.05, 0) is 98.3 Å². The van der Waals surface area contributed by atoms with Crippen molar-refractivity contribution in [3.8, 4) is 0 Å². The monoisotopic (exact) mass is 806 g/mol. The zero-order valence-electron chi connectivity index (χ0n) is 37.9. The Bertz CT molecular complexity index is 2800. The Morgan fingerprint density at radius 3 is 0.629 bits per heavy atom. The second kappa shape index (κ2) is 24.3. The summed E-state index contributed by atoms with van der Waals surface area (Å²) in [5.74, 6) is 0. The van der Waals surface area contributed by atoms with E-state index in [1.165, 1.54) is 86.2 Å². The maximum absolute atomic E-state index is 2.24. The average molecular weight is 807 g/mol. The summed E-state index contributed by atoms with van der Waals surface area (Å²) in [6.07, 6.45) is 0. The third-order valence-electron chi connectivity index (χ3n) is 10.3. The molecule has 0 N–H and O–H groups in total. The van der Waals surface area contributed by atoms with Crippen LogP contribution in [0, 0.1) is 0 Å². The van der Waals surface area contributed by atoms with Crippen molar-refractivity contribution in [3.63, 3.8) is 0 Å². The number of fused-ring (bicyclic) bond motifs is 6. The molecule has 12 rings (SSSR count). The molecule has 0 bridgehead atoms. The van der Waals surface area contributed by atoms with Gasteiger partial charge in [0.05, 0.1) is 0 Å². The van der Waals surface area contributed by atoms with Crippen molar-refractivity contribution in [2.45, 2.75) is 55.4 Å². The number of benzene rings is 12. The normalized spacial score (nSPS) is 9.94. The predicted octanol–water partition coefficient (Wildman–Crippen LogP) is 19.5. The molecule has 0 fully saturated rings. The van der Waals surface area contributed by atoms with Crippen molar-refractivity contribution in [2.75, 3.05) is 0 Å². The minimum absolute atomic E-state index is 1.31. The molecule has 310 valence electrons. The Balaban J connectivity index is 0.000000149. The molecule has 0 aromatic heterocycles. The molecule has 0 saturated carbocycles. The average Bonchev–Trinajstić information content (AvgIpc) is 3.38. The molecule has 0 radical (unpaired) electrons. The van der Waals surface area contributed by atoms with Gasteiger partial charge in [0.15, 0.2) is 0 Å². The van der Waals surface area contributed by atoms with Crippen LogP contribution in [0.4, 0.5) is 0 Å². The first-order valence-corrected chi connectivity index (χ1v) is 22.6. The summed E-state index contributed by atoms with van der Waals surface area (Å²) in [6.45, 7) is 16.0. The van der Waals surface area contributed by atoms with E-state index in [0.29, 0.717) is 0 Å². The van der Waals surface area contributed by atoms with Crippen LogP contribution in [0.15, 0.2) is 231 Å². The van der Waals surface area contributed by atoms with Gasteiger partial charge in [-0.25, -0.2) is 0 Å². The lowest BCUT2D eigenvalue weighted by atomic mass is 9.95. The largest absolute Gasteiger partial charge is 0.0683 e. The van der Waals surface area contributed by atoms with E-state index in [4.69, 9.17) is 0 Å². The molecule has 0 amide bonds. The van der Waals surface area contributed by atoms with Crippen LogP contribution in [0.2, 0.25) is 0 Å². The van der Waals surface area contributed by atoms with E-state index in [2.05, 4.69) is 231 Å². The van der Waals surface area contributed by atoms with Crippen LogP contribution in [0.3, 0.4) is 0 Å². The first kappa shape index (κ1) is 46.1. The van der Waals surface area contributed by atoms with Crippen molar-refractivity contribution in [3.05, 3.63) is 231 Å². The number of hydrogen-bond donors (Lipinski definition) is 0. The van der Waals surface area contributed by atoms with E-state index in [9.17, 15) is 0 Å². The molecule has 12 aromatic carbocycles. The van der Waals surface area contributed by atoms with Crippen molar-refractivity contribution < 1.29 is 0 Å². The van der Waals surface area contributed by atoms with E-state index in [0.717, 1.165) is 0 Å². The first-order chi connectivity index (χ1) is 30.8. The summed E-state index contributed by atoms with van der Waals surface area (Å²) < 4.78 is 0. The molecule has 0 saturated heterocycles. The van der Waals surface area contributed by atoms with Gasteiger partial charge >= 0.3 is 0 Å². The van der Waals surface area contributed by atoms with E-state index in [1.54, 1.807) is 0 Å². The summed E-state index contributed by atoms with van der Waals surface area (Å²) in [7, 11) is 0. The highest BCUT2D eigenvalue weighted by atomic mass is 14.1. The molecule has 0 aliphatic heterocycles. The Hall–Kier alpha value is -7.02. The van der Waals surface area contributed by atoms with Gasteiger partial charge in [0, 0.05) is 0 Å². The Morgan fingerprint density at radius 1 is 0.161 bits per heavy atom. The highest BCUT2D eigenvalue weighted by Crippen LogP contribution is 2.34. The zero-order valence-corrected chi connectivity index (χ0v) is 37.9. The summed E-state index contributed by atoms with van der Waals surface area (Å²) in [5.41, 5.74) is 0. The first-order valence-electron chi connectivity index (χ1n) is 22.6. The van der Waals surface area contributed by atoms with Crippen LogP contribution in [0.1, 0.15) is 55.4 Å². The lowest BCUT2D eigenvalue weighted by Crippen LogP contribution is -1.82. The smallest absolute Gasteiger partial charge is 0.00268 e. The van der Waals surface area contributed by atoms with Gasteiger partial charge in [-0.2, -0.15) is 0 Å². The summed E-state index contributed by atoms with van der Waals surface area (Å²) in [4.78, 5) is 0. The van der Waals surface area contributed by atoms with Crippen molar-refractivity contribution in [1.82, 2.24) is 0 Å². The van der Waals surface area contributed by atoms with E-state index >= 15 is 0 Å². The topological polar surface area (TPSA) is 0 Å². The van der Waals surface area contributed by atoms with Crippen LogP contribution in [0.25, 0.3) is 86.2 Å². The molecule has 0 heteroatoms. The standard InChI is InChI=1S/C16H10.2C14H10.C10H8.4C2H6/c1-3-11-7-9-13-5-2-6-14-10-8-12(4-1)15(11)16(13)14;1-3-7-13-11(5-1)9-10-12-6-2-4-8-14(12)13;1-2-6-12-10-14-8-4-3-7-13(14)9-11(12)5-1;1-2-6-10-8-4-3-7-9(10)5-1;4*1-2/h1-10H;2*1-10H;1-8H;4*1-2H3. The van der Waals surface area contributed by atoms with E-state index in [-0.39, 0.29) is 0 Å². The highest BCUT2D eigenvalue weighted by molar-refractivity contribution is 6.22. The molecule has 62 heavy (non-hydrogen) atoms. The van der Waals surface area contributed by atoms with E-state index < -0.39 is 0 Å². The van der Waals surface area contributed by atoms with Crippen LogP contribution in [-0.2, 0) is 0 Å². The molecule has 0 heterocycles. The number of hydrogen-bond acceptors (Lipinski definition) is 0. The van der Waals surface area contributed by atoms with Gasteiger partial charge in [0.2, 0.25) is 0 Å². The fourth-order valence-corrected chi connectivity index (χ4v) is 7.64. The van der Waals surface area contributed by atoms with Gasteiger partial charge in [-0.1, -0.05) is 274 Å². The van der Waals surface area contributed by atoms with Crippen molar-refractivity contribution >= 4 is 86.2 Å². The Labute approximate surface area is 370 Å². The highest BCUT2D eigenvalue weighted by Gasteiger charge is 2.06. The van der Waals surface area contributed by atoms with Crippen molar-refractivity contribution in [2.24, 2.45) is 0 Å². The second-order valence-electron chi connectivity index (χ2n) is 13.7. The summed E-state index contributed by atoms with van der Waals surface area (Å²) in [6, 6.07) is 81.4. The Morgan fingerprint density at radius 2 is 0.355 bits per heavy atom. The van der Waals surface area contributed by atoms with Crippen LogP contribution < -0.4 is 0 Å². The number of rotatable bonds is 0. The third-order valence-corrected chi connectivity index (χ3v) is 10.3. The molecule has 0 nitrogen and oxygen atoms in total. The van der Waals surface area contributed by atoms with E-state index in [1.807, 2.05) is 55.4 Å². The lowest BCUT2D eigenvalue weighted by molar-refractivity contribution is 1.50. The maximum Gasteiger partial charge on any atom is -0.00268 e. The molecule has 0 aliphatic rings. The molecule has 0 spiro atoms. The van der Waals surface area contributed by atoms with Gasteiger partial charge in [-0.3, -0.25) is 0 Å². The maximum atomic E-state index is 2.24. The van der Waals surface area contributed by atoms with Crippen LogP contribution in [0.5, 0.6) is 0 Å². The lowest BCUT2D eigenvalue weighted by Gasteiger charge is -2.09. The summed E-state index contributed by atoms with van der Waals surface area (Å²) in [5, 5.41) is 21.3. The van der Waals surface area contributed by atoms with Gasteiger partial charge in [-0.15, -0.1) is 0 Å². The summed E-state index contributed by atoms with van der Waals surface area (Å²) >= 11 is 0.